The summed E-state index contributed by atoms with van der Waals surface area (Å²) < 4.78 is 5.48. The fourth-order valence-corrected chi connectivity index (χ4v) is 3.81. The second-order valence-electron chi connectivity index (χ2n) is 6.61. The molecule has 28 heavy (non-hydrogen) atoms. The van der Waals surface area contributed by atoms with Crippen LogP contribution in [0.2, 0.25) is 0 Å². The Hall–Kier alpha value is -2.70. The fraction of sp³-hybridized carbons (Fsp3) is 0.273. The number of thiazole rings is 1. The van der Waals surface area contributed by atoms with Crippen LogP contribution in [0.5, 0.6) is 5.75 Å². The van der Waals surface area contributed by atoms with E-state index in [0.29, 0.717) is 25.2 Å². The molecule has 2 aromatic carbocycles. The van der Waals surface area contributed by atoms with Gasteiger partial charge in [-0.1, -0.05) is 48.5 Å². The van der Waals surface area contributed by atoms with Crippen LogP contribution in [0, 0.1) is 0 Å². The number of benzene rings is 2. The van der Waals surface area contributed by atoms with Gasteiger partial charge in [0.25, 0.3) is 5.91 Å². The quantitative estimate of drug-likeness (QED) is 0.628. The number of carbonyl (C=O) groups is 1. The Bertz CT molecular complexity index is 911. The number of ether oxygens (including phenoxy) is 1. The monoisotopic (exact) mass is 395 g/mol. The van der Waals surface area contributed by atoms with Crippen molar-refractivity contribution >= 4 is 17.2 Å². The minimum Gasteiger partial charge on any atom is -0.496 e. The molecule has 0 saturated heterocycles. The molecule has 0 aliphatic rings. The molecule has 1 heterocycles. The van der Waals surface area contributed by atoms with Crippen molar-refractivity contribution in [2.45, 2.75) is 32.5 Å². The molecule has 1 unspecified atom stereocenters. The van der Waals surface area contributed by atoms with Crippen molar-refractivity contribution in [3.8, 4) is 5.75 Å². The maximum Gasteiger partial charge on any atom is 0.273 e. The maximum atomic E-state index is 13.3. The van der Waals surface area contributed by atoms with Crippen molar-refractivity contribution in [1.82, 2.24) is 9.88 Å². The SMILES string of the molecule is COc1ccccc1CC(C)N(Cc1ccccc1)C(=O)c1csc(CN)n1. The summed E-state index contributed by atoms with van der Waals surface area (Å²) in [5.74, 6) is 0.753. The van der Waals surface area contributed by atoms with E-state index in [1.165, 1.54) is 11.3 Å². The van der Waals surface area contributed by atoms with Crippen LogP contribution >= 0.6 is 11.3 Å². The summed E-state index contributed by atoms with van der Waals surface area (Å²) in [5.41, 5.74) is 8.27. The van der Waals surface area contributed by atoms with Gasteiger partial charge in [0.05, 0.1) is 7.11 Å². The van der Waals surface area contributed by atoms with Gasteiger partial charge in [-0.2, -0.15) is 0 Å². The van der Waals surface area contributed by atoms with E-state index in [0.717, 1.165) is 21.9 Å². The Balaban J connectivity index is 1.87. The number of hydrogen-bond acceptors (Lipinski definition) is 5. The summed E-state index contributed by atoms with van der Waals surface area (Å²) in [6.07, 6.45) is 0.691. The molecule has 0 bridgehead atoms. The third-order valence-corrected chi connectivity index (χ3v) is 5.51. The van der Waals surface area contributed by atoms with Crippen LogP contribution in [-0.2, 0) is 19.5 Å². The predicted octanol–water partition coefficient (Wildman–Crippen LogP) is 3.88. The minimum atomic E-state index is -0.0813. The lowest BCUT2D eigenvalue weighted by Gasteiger charge is -2.29. The van der Waals surface area contributed by atoms with Crippen LogP contribution in [0.15, 0.2) is 60.0 Å². The molecular formula is C22H25N3O2S. The van der Waals surface area contributed by atoms with E-state index >= 15 is 0 Å². The summed E-state index contributed by atoms with van der Waals surface area (Å²) in [6.45, 7) is 2.92. The highest BCUT2D eigenvalue weighted by atomic mass is 32.1. The van der Waals surface area contributed by atoms with E-state index in [4.69, 9.17) is 10.5 Å². The van der Waals surface area contributed by atoms with Crippen LogP contribution in [0.25, 0.3) is 0 Å². The predicted molar refractivity (Wildman–Crippen MR) is 112 cm³/mol. The Labute approximate surface area is 169 Å². The Morgan fingerprint density at radius 2 is 1.89 bits per heavy atom. The van der Waals surface area contributed by atoms with Crippen LogP contribution in [-0.4, -0.2) is 28.9 Å². The molecule has 1 aromatic heterocycles. The number of hydrogen-bond donors (Lipinski definition) is 1. The van der Waals surface area contributed by atoms with Crippen molar-refractivity contribution < 1.29 is 9.53 Å². The van der Waals surface area contributed by atoms with Gasteiger partial charge in [-0.05, 0) is 30.5 Å². The zero-order chi connectivity index (χ0) is 19.9. The number of carbonyl (C=O) groups excluding carboxylic acids is 1. The fourth-order valence-electron chi connectivity index (χ4n) is 3.16. The molecule has 6 heteroatoms. The summed E-state index contributed by atoms with van der Waals surface area (Å²) in [7, 11) is 1.67. The zero-order valence-corrected chi connectivity index (χ0v) is 17.0. The van der Waals surface area contributed by atoms with Gasteiger partial charge < -0.3 is 15.4 Å². The topological polar surface area (TPSA) is 68.5 Å². The molecule has 0 fully saturated rings. The first-order valence-electron chi connectivity index (χ1n) is 9.23. The van der Waals surface area contributed by atoms with Crippen LogP contribution in [0.1, 0.15) is 33.5 Å². The summed E-state index contributed by atoms with van der Waals surface area (Å²) in [6, 6.07) is 17.9. The average Bonchev–Trinajstić information content (AvgIpc) is 3.22. The van der Waals surface area contributed by atoms with E-state index < -0.39 is 0 Å². The van der Waals surface area contributed by atoms with E-state index in [2.05, 4.69) is 11.9 Å². The smallest absolute Gasteiger partial charge is 0.273 e. The molecule has 2 N–H and O–H groups in total. The summed E-state index contributed by atoms with van der Waals surface area (Å²) in [4.78, 5) is 19.5. The first-order chi connectivity index (χ1) is 13.6. The Kier molecular flexibility index (Phi) is 6.79. The van der Waals surface area contributed by atoms with Crippen molar-refractivity contribution in [3.05, 3.63) is 81.8 Å². The number of para-hydroxylation sites is 1. The van der Waals surface area contributed by atoms with Crippen molar-refractivity contribution in [2.75, 3.05) is 7.11 Å². The number of nitrogens with zero attached hydrogens (tertiary/aromatic N) is 2. The molecule has 5 nitrogen and oxygen atoms in total. The molecule has 0 saturated carbocycles. The molecule has 146 valence electrons. The highest BCUT2D eigenvalue weighted by Gasteiger charge is 2.25. The molecular weight excluding hydrogens is 370 g/mol. The van der Waals surface area contributed by atoms with Gasteiger partial charge in [0.1, 0.15) is 16.5 Å². The number of aromatic nitrogens is 1. The maximum absolute atomic E-state index is 13.3. The number of nitrogens with two attached hydrogens (primary N) is 1. The lowest BCUT2D eigenvalue weighted by atomic mass is 10.0. The van der Waals surface area contributed by atoms with Gasteiger partial charge in [-0.15, -0.1) is 11.3 Å². The van der Waals surface area contributed by atoms with Crippen molar-refractivity contribution in [3.63, 3.8) is 0 Å². The highest BCUT2D eigenvalue weighted by Crippen LogP contribution is 2.23. The van der Waals surface area contributed by atoms with E-state index in [9.17, 15) is 4.79 Å². The number of rotatable bonds is 8. The third-order valence-electron chi connectivity index (χ3n) is 4.64. The van der Waals surface area contributed by atoms with Gasteiger partial charge in [0.15, 0.2) is 0 Å². The average molecular weight is 396 g/mol. The minimum absolute atomic E-state index is 0.0352. The summed E-state index contributed by atoms with van der Waals surface area (Å²) >= 11 is 1.42. The molecule has 1 atom stereocenters. The van der Waals surface area contributed by atoms with Crippen molar-refractivity contribution in [2.24, 2.45) is 5.73 Å². The number of methoxy groups -OCH3 is 1. The van der Waals surface area contributed by atoms with Gasteiger partial charge >= 0.3 is 0 Å². The standard InChI is InChI=1S/C22H25N3O2S/c1-16(12-18-10-6-7-11-20(18)27-2)25(14-17-8-4-3-5-9-17)22(26)19-15-28-21(13-23)24-19/h3-11,15-16H,12-14,23H2,1-2H3. The molecule has 0 aliphatic carbocycles. The highest BCUT2D eigenvalue weighted by molar-refractivity contribution is 7.09. The second kappa shape index (κ2) is 9.48. The first kappa shape index (κ1) is 20.0. The third kappa shape index (κ3) is 4.77. The molecule has 3 rings (SSSR count). The van der Waals surface area contributed by atoms with E-state index in [1.54, 1.807) is 12.5 Å². The van der Waals surface area contributed by atoms with Crippen LogP contribution in [0.4, 0.5) is 0 Å². The lowest BCUT2D eigenvalue weighted by Crippen LogP contribution is -2.39. The molecule has 1 amide bonds. The molecule has 0 spiro atoms. The Morgan fingerprint density at radius 1 is 1.18 bits per heavy atom. The van der Waals surface area contributed by atoms with E-state index in [1.807, 2.05) is 59.5 Å². The van der Waals surface area contributed by atoms with Crippen LogP contribution in [0.3, 0.4) is 0 Å². The summed E-state index contributed by atoms with van der Waals surface area (Å²) in [5, 5.41) is 2.55. The Morgan fingerprint density at radius 3 is 2.57 bits per heavy atom. The first-order valence-corrected chi connectivity index (χ1v) is 10.1. The largest absolute Gasteiger partial charge is 0.496 e. The van der Waals surface area contributed by atoms with Gasteiger partial charge in [0.2, 0.25) is 0 Å². The van der Waals surface area contributed by atoms with Gasteiger partial charge in [-0.25, -0.2) is 4.98 Å². The molecule has 0 aliphatic heterocycles. The van der Waals surface area contributed by atoms with Crippen LogP contribution < -0.4 is 10.5 Å². The lowest BCUT2D eigenvalue weighted by molar-refractivity contribution is 0.0669. The van der Waals surface area contributed by atoms with Gasteiger partial charge in [0, 0.05) is 24.5 Å². The molecule has 3 aromatic rings. The normalized spacial score (nSPS) is 11.8. The molecule has 0 radical (unpaired) electrons. The second-order valence-corrected chi connectivity index (χ2v) is 7.56. The van der Waals surface area contributed by atoms with Crippen molar-refractivity contribution in [1.29, 1.82) is 0 Å². The van der Waals surface area contributed by atoms with Gasteiger partial charge in [-0.3, -0.25) is 4.79 Å². The van der Waals surface area contributed by atoms with E-state index in [-0.39, 0.29) is 11.9 Å². The zero-order valence-electron chi connectivity index (χ0n) is 16.2. The number of amides is 1.